The molecule has 0 aliphatic carbocycles. The van der Waals surface area contributed by atoms with Crippen molar-refractivity contribution in [2.45, 2.75) is 32.4 Å². The van der Waals surface area contributed by atoms with Crippen LogP contribution >= 0.6 is 11.6 Å². The fourth-order valence-electron chi connectivity index (χ4n) is 1.36. The molecule has 0 saturated carbocycles. The zero-order valence-corrected chi connectivity index (χ0v) is 11.0. The zero-order chi connectivity index (χ0) is 12.0. The van der Waals surface area contributed by atoms with Gasteiger partial charge < -0.3 is 10.1 Å². The molecule has 1 atom stereocenters. The molecule has 0 aliphatic rings. The first kappa shape index (κ1) is 13.3. The van der Waals surface area contributed by atoms with E-state index in [1.54, 1.807) is 7.11 Å². The predicted octanol–water partition coefficient (Wildman–Crippen LogP) is 3.19. The van der Waals surface area contributed by atoms with Gasteiger partial charge in [-0.05, 0) is 31.0 Å². The third kappa shape index (κ3) is 3.69. The van der Waals surface area contributed by atoms with Crippen LogP contribution in [0, 0.1) is 0 Å². The van der Waals surface area contributed by atoms with Gasteiger partial charge in [-0.15, -0.1) is 11.6 Å². The minimum absolute atomic E-state index is 0.00460. The predicted molar refractivity (Wildman–Crippen MR) is 69.2 cm³/mol. The fourth-order valence-corrected chi connectivity index (χ4v) is 1.65. The van der Waals surface area contributed by atoms with Crippen molar-refractivity contribution in [3.63, 3.8) is 0 Å². The molecular weight excluding hydrogens is 222 g/mol. The van der Waals surface area contributed by atoms with Gasteiger partial charge in [0.1, 0.15) is 5.75 Å². The number of halogens is 1. The summed E-state index contributed by atoms with van der Waals surface area (Å²) in [5.41, 5.74) is 1.22. The summed E-state index contributed by atoms with van der Waals surface area (Å²) in [6.07, 6.45) is 1.01. The normalized spacial score (nSPS) is 14.5. The van der Waals surface area contributed by atoms with E-state index in [2.05, 4.69) is 25.2 Å². The van der Waals surface area contributed by atoms with Crippen molar-refractivity contribution in [2.75, 3.05) is 13.0 Å². The lowest BCUT2D eigenvalue weighted by Gasteiger charge is -2.27. The van der Waals surface area contributed by atoms with Crippen molar-refractivity contribution < 1.29 is 4.74 Å². The third-order valence-corrected chi connectivity index (χ3v) is 3.52. The van der Waals surface area contributed by atoms with E-state index in [9.17, 15) is 0 Å². The number of alkyl halides is 1. The summed E-state index contributed by atoms with van der Waals surface area (Å²) in [5, 5.41) is 3.48. The Morgan fingerprint density at radius 1 is 1.44 bits per heavy atom. The van der Waals surface area contributed by atoms with Crippen LogP contribution in [0.5, 0.6) is 5.75 Å². The molecule has 1 aromatic carbocycles. The Morgan fingerprint density at radius 3 is 2.75 bits per heavy atom. The summed E-state index contributed by atoms with van der Waals surface area (Å²) in [6.45, 7) is 5.09. The molecule has 0 heterocycles. The molecule has 0 amide bonds. The second kappa shape index (κ2) is 6.12. The number of rotatable bonds is 6. The average Bonchev–Trinajstić information content (AvgIpc) is 2.36. The van der Waals surface area contributed by atoms with Crippen LogP contribution in [0.3, 0.4) is 0 Å². The second-order valence-corrected chi connectivity index (χ2v) is 4.52. The maximum Gasteiger partial charge on any atom is 0.119 e. The molecule has 0 bridgehead atoms. The summed E-state index contributed by atoms with van der Waals surface area (Å²) in [7, 11) is 1.68. The van der Waals surface area contributed by atoms with Gasteiger partial charge in [0.25, 0.3) is 0 Å². The molecule has 1 rings (SSSR count). The molecule has 1 aromatic rings. The van der Waals surface area contributed by atoms with E-state index < -0.39 is 0 Å². The summed E-state index contributed by atoms with van der Waals surface area (Å²) in [5.74, 6) is 1.51. The molecule has 1 unspecified atom stereocenters. The SMILES string of the molecule is CCC(C)(CCl)NCc1cccc(OC)c1. The van der Waals surface area contributed by atoms with Crippen molar-refractivity contribution >= 4 is 11.6 Å². The van der Waals surface area contributed by atoms with E-state index in [0.29, 0.717) is 5.88 Å². The van der Waals surface area contributed by atoms with Crippen molar-refractivity contribution in [3.05, 3.63) is 29.8 Å². The van der Waals surface area contributed by atoms with E-state index in [0.717, 1.165) is 18.7 Å². The van der Waals surface area contributed by atoms with E-state index >= 15 is 0 Å². The minimum Gasteiger partial charge on any atom is -0.497 e. The molecule has 0 aliphatic heterocycles. The van der Waals surface area contributed by atoms with Gasteiger partial charge >= 0.3 is 0 Å². The van der Waals surface area contributed by atoms with E-state index in [-0.39, 0.29) is 5.54 Å². The first-order chi connectivity index (χ1) is 7.63. The lowest BCUT2D eigenvalue weighted by molar-refractivity contribution is 0.378. The van der Waals surface area contributed by atoms with Crippen LogP contribution in [-0.4, -0.2) is 18.5 Å². The fraction of sp³-hybridized carbons (Fsp3) is 0.538. The molecule has 0 saturated heterocycles. The first-order valence-corrected chi connectivity index (χ1v) is 6.11. The van der Waals surface area contributed by atoms with Gasteiger partial charge in [0.15, 0.2) is 0 Å². The Labute approximate surface area is 103 Å². The van der Waals surface area contributed by atoms with Gasteiger partial charge in [-0.3, -0.25) is 0 Å². The Bertz CT molecular complexity index is 323. The largest absolute Gasteiger partial charge is 0.497 e. The molecule has 0 fully saturated rings. The topological polar surface area (TPSA) is 21.3 Å². The number of nitrogens with one attached hydrogen (secondary N) is 1. The van der Waals surface area contributed by atoms with Gasteiger partial charge in [-0.1, -0.05) is 19.1 Å². The Morgan fingerprint density at radius 2 is 2.19 bits per heavy atom. The number of hydrogen-bond acceptors (Lipinski definition) is 2. The van der Waals surface area contributed by atoms with E-state index in [4.69, 9.17) is 16.3 Å². The van der Waals surface area contributed by atoms with Crippen molar-refractivity contribution in [2.24, 2.45) is 0 Å². The maximum absolute atomic E-state index is 5.95. The number of methoxy groups -OCH3 is 1. The zero-order valence-electron chi connectivity index (χ0n) is 10.2. The van der Waals surface area contributed by atoms with E-state index in [1.165, 1.54) is 5.56 Å². The highest BCUT2D eigenvalue weighted by Crippen LogP contribution is 2.15. The maximum atomic E-state index is 5.95. The number of ether oxygens (including phenoxy) is 1. The molecule has 0 radical (unpaired) electrons. The van der Waals surface area contributed by atoms with Gasteiger partial charge in [0.2, 0.25) is 0 Å². The lowest BCUT2D eigenvalue weighted by atomic mass is 10.0. The first-order valence-electron chi connectivity index (χ1n) is 5.57. The highest BCUT2D eigenvalue weighted by atomic mass is 35.5. The quantitative estimate of drug-likeness (QED) is 0.773. The van der Waals surface area contributed by atoms with Gasteiger partial charge in [0.05, 0.1) is 7.11 Å². The summed E-state index contributed by atoms with van der Waals surface area (Å²) in [4.78, 5) is 0. The number of benzene rings is 1. The third-order valence-electron chi connectivity index (χ3n) is 2.93. The summed E-state index contributed by atoms with van der Waals surface area (Å²) >= 11 is 5.95. The molecule has 1 N–H and O–H groups in total. The van der Waals surface area contributed by atoms with E-state index in [1.807, 2.05) is 18.2 Å². The minimum atomic E-state index is 0.00460. The second-order valence-electron chi connectivity index (χ2n) is 4.25. The van der Waals surface area contributed by atoms with Crippen LogP contribution in [0.4, 0.5) is 0 Å². The van der Waals surface area contributed by atoms with Crippen molar-refractivity contribution in [1.29, 1.82) is 0 Å². The highest BCUT2D eigenvalue weighted by Gasteiger charge is 2.19. The van der Waals surface area contributed by atoms with Crippen LogP contribution in [0.1, 0.15) is 25.8 Å². The standard InChI is InChI=1S/C13H20ClNO/c1-4-13(2,10-14)15-9-11-6-5-7-12(8-11)16-3/h5-8,15H,4,9-10H2,1-3H3. The van der Waals surface area contributed by atoms with Gasteiger partial charge in [0, 0.05) is 18.0 Å². The Balaban J connectivity index is 2.60. The lowest BCUT2D eigenvalue weighted by Crippen LogP contribution is -2.42. The highest BCUT2D eigenvalue weighted by molar-refractivity contribution is 6.18. The molecular formula is C13H20ClNO. The molecule has 16 heavy (non-hydrogen) atoms. The monoisotopic (exact) mass is 241 g/mol. The van der Waals surface area contributed by atoms with Crippen LogP contribution < -0.4 is 10.1 Å². The van der Waals surface area contributed by atoms with Crippen molar-refractivity contribution in [3.8, 4) is 5.75 Å². The van der Waals surface area contributed by atoms with Crippen LogP contribution in [0.2, 0.25) is 0 Å². The molecule has 0 aromatic heterocycles. The Kier molecular flexibility index (Phi) is 5.10. The molecule has 2 nitrogen and oxygen atoms in total. The van der Waals surface area contributed by atoms with Crippen LogP contribution in [-0.2, 0) is 6.54 Å². The number of hydrogen-bond donors (Lipinski definition) is 1. The van der Waals surface area contributed by atoms with Crippen molar-refractivity contribution in [1.82, 2.24) is 5.32 Å². The molecule has 0 spiro atoms. The molecule has 90 valence electrons. The summed E-state index contributed by atoms with van der Waals surface area (Å²) in [6, 6.07) is 8.07. The Hall–Kier alpha value is -0.730. The molecule has 3 heteroatoms. The van der Waals surface area contributed by atoms with Crippen LogP contribution in [0.15, 0.2) is 24.3 Å². The smallest absolute Gasteiger partial charge is 0.119 e. The average molecular weight is 242 g/mol. The van der Waals surface area contributed by atoms with Gasteiger partial charge in [-0.25, -0.2) is 0 Å². The summed E-state index contributed by atoms with van der Waals surface area (Å²) < 4.78 is 5.19. The van der Waals surface area contributed by atoms with Crippen LogP contribution in [0.25, 0.3) is 0 Å². The van der Waals surface area contributed by atoms with Gasteiger partial charge in [-0.2, -0.15) is 0 Å².